The van der Waals surface area contributed by atoms with E-state index in [2.05, 4.69) is 10.9 Å². The highest BCUT2D eigenvalue weighted by molar-refractivity contribution is 5.95. The van der Waals surface area contributed by atoms with E-state index in [1.54, 1.807) is 6.07 Å². The molecule has 0 radical (unpaired) electrons. The molecule has 0 fully saturated rings. The first-order valence-electron chi connectivity index (χ1n) is 6.74. The number of carbonyl (C=O) groups excluding carboxylic acids is 2. The number of hydrogen-bond donors (Lipinski definition) is 2. The van der Waals surface area contributed by atoms with Crippen LogP contribution in [0.4, 0.5) is 8.78 Å². The van der Waals surface area contributed by atoms with Gasteiger partial charge in [-0.2, -0.15) is 0 Å². The fourth-order valence-corrected chi connectivity index (χ4v) is 1.71. The van der Waals surface area contributed by atoms with E-state index < -0.39 is 29.6 Å². The summed E-state index contributed by atoms with van der Waals surface area (Å²) in [6.07, 6.45) is -1.04. The second kappa shape index (κ2) is 7.35. The summed E-state index contributed by atoms with van der Waals surface area (Å²) in [6, 6.07) is 10.6. The Morgan fingerprint density at radius 3 is 2.48 bits per heavy atom. The van der Waals surface area contributed by atoms with E-state index in [9.17, 15) is 18.4 Å². The molecule has 1 atom stereocenters. The van der Waals surface area contributed by atoms with Crippen LogP contribution in [0.25, 0.3) is 0 Å². The van der Waals surface area contributed by atoms with Crippen molar-refractivity contribution in [3.63, 3.8) is 0 Å². The molecule has 2 N–H and O–H groups in total. The number of para-hydroxylation sites is 1. The fraction of sp³-hybridized carbons (Fsp3) is 0.125. The summed E-state index contributed by atoms with van der Waals surface area (Å²) in [6.45, 7) is 1.40. The van der Waals surface area contributed by atoms with Crippen molar-refractivity contribution in [3.8, 4) is 5.75 Å². The number of hydrazine groups is 1. The molecule has 0 bridgehead atoms. The van der Waals surface area contributed by atoms with Crippen LogP contribution in [-0.2, 0) is 4.79 Å². The van der Waals surface area contributed by atoms with Crippen molar-refractivity contribution >= 4 is 11.8 Å². The molecule has 0 aliphatic heterocycles. The van der Waals surface area contributed by atoms with Gasteiger partial charge in [-0.05, 0) is 37.3 Å². The predicted molar refractivity (Wildman–Crippen MR) is 78.5 cm³/mol. The molecule has 2 aromatic rings. The Kier molecular flexibility index (Phi) is 5.24. The van der Waals surface area contributed by atoms with Gasteiger partial charge in [0.05, 0.1) is 0 Å². The summed E-state index contributed by atoms with van der Waals surface area (Å²) in [5.74, 6) is -2.61. The van der Waals surface area contributed by atoms with Crippen LogP contribution in [0.15, 0.2) is 48.5 Å². The van der Waals surface area contributed by atoms with Crippen LogP contribution in [0.2, 0.25) is 0 Å². The van der Waals surface area contributed by atoms with Gasteiger partial charge in [0.1, 0.15) is 5.82 Å². The van der Waals surface area contributed by atoms with Crippen molar-refractivity contribution in [3.05, 3.63) is 65.7 Å². The number of nitrogens with one attached hydrogen (secondary N) is 2. The van der Waals surface area contributed by atoms with Crippen molar-refractivity contribution in [2.24, 2.45) is 0 Å². The van der Waals surface area contributed by atoms with Crippen LogP contribution >= 0.6 is 0 Å². The summed E-state index contributed by atoms with van der Waals surface area (Å²) in [5, 5.41) is 0. The predicted octanol–water partition coefficient (Wildman–Crippen LogP) is 2.19. The third-order valence-corrected chi connectivity index (χ3v) is 2.90. The van der Waals surface area contributed by atoms with Crippen molar-refractivity contribution in [2.75, 3.05) is 0 Å². The van der Waals surface area contributed by atoms with Crippen molar-refractivity contribution < 1.29 is 23.1 Å². The highest BCUT2D eigenvalue weighted by Crippen LogP contribution is 2.16. The van der Waals surface area contributed by atoms with E-state index in [1.165, 1.54) is 43.3 Å². The normalized spacial score (nSPS) is 11.4. The number of carbonyl (C=O) groups is 2. The van der Waals surface area contributed by atoms with Crippen LogP contribution in [0, 0.1) is 11.6 Å². The van der Waals surface area contributed by atoms with Gasteiger partial charge in [0.25, 0.3) is 11.8 Å². The Hall–Kier alpha value is -2.96. The lowest BCUT2D eigenvalue weighted by Gasteiger charge is -2.15. The molecule has 0 unspecified atom stereocenters. The quantitative estimate of drug-likeness (QED) is 0.849. The van der Waals surface area contributed by atoms with Gasteiger partial charge >= 0.3 is 0 Å². The van der Waals surface area contributed by atoms with Crippen molar-refractivity contribution in [2.45, 2.75) is 13.0 Å². The van der Waals surface area contributed by atoms with Crippen molar-refractivity contribution in [1.82, 2.24) is 10.9 Å². The fourth-order valence-electron chi connectivity index (χ4n) is 1.71. The van der Waals surface area contributed by atoms with Gasteiger partial charge in [0.2, 0.25) is 0 Å². The van der Waals surface area contributed by atoms with Gasteiger partial charge in [-0.3, -0.25) is 20.4 Å². The maximum absolute atomic E-state index is 13.4. The number of hydrogen-bond acceptors (Lipinski definition) is 3. The lowest BCUT2D eigenvalue weighted by Crippen LogP contribution is -2.47. The van der Waals surface area contributed by atoms with E-state index in [0.717, 1.165) is 6.07 Å². The first kappa shape index (κ1) is 16.4. The van der Waals surface area contributed by atoms with E-state index in [4.69, 9.17) is 4.74 Å². The minimum Gasteiger partial charge on any atom is -0.478 e. The van der Waals surface area contributed by atoms with Gasteiger partial charge in [-0.15, -0.1) is 0 Å². The topological polar surface area (TPSA) is 67.4 Å². The maximum Gasteiger partial charge on any atom is 0.279 e. The molecule has 0 heterocycles. The number of rotatable bonds is 4. The summed E-state index contributed by atoms with van der Waals surface area (Å²) in [7, 11) is 0. The van der Waals surface area contributed by atoms with Gasteiger partial charge in [0, 0.05) is 5.56 Å². The van der Waals surface area contributed by atoms with E-state index >= 15 is 0 Å². The zero-order chi connectivity index (χ0) is 16.8. The molecule has 7 heteroatoms. The Bertz CT molecular complexity index is 722. The molecule has 0 aliphatic rings. The average Bonchev–Trinajstić information content (AvgIpc) is 2.54. The molecule has 0 aliphatic carbocycles. The van der Waals surface area contributed by atoms with E-state index in [-0.39, 0.29) is 11.3 Å². The van der Waals surface area contributed by atoms with Crippen LogP contribution in [0.5, 0.6) is 5.75 Å². The zero-order valence-electron chi connectivity index (χ0n) is 12.2. The molecule has 120 valence electrons. The molecule has 0 saturated heterocycles. The summed E-state index contributed by atoms with van der Waals surface area (Å²) in [5.41, 5.74) is 4.31. The van der Waals surface area contributed by atoms with Gasteiger partial charge in [-0.1, -0.05) is 18.2 Å². The number of benzene rings is 2. The minimum absolute atomic E-state index is 0.0491. The SMILES string of the molecule is C[C@H](Oc1ccccc1F)C(=O)NNC(=O)c1cccc(F)c1. The molecule has 5 nitrogen and oxygen atoms in total. The first-order valence-corrected chi connectivity index (χ1v) is 6.74. The molecule has 2 amide bonds. The molecule has 0 aromatic heterocycles. The van der Waals surface area contributed by atoms with Crippen LogP contribution < -0.4 is 15.6 Å². The maximum atomic E-state index is 13.4. The number of amides is 2. The van der Waals surface area contributed by atoms with E-state index in [1.807, 2.05) is 0 Å². The molecular weight excluding hydrogens is 306 g/mol. The zero-order valence-corrected chi connectivity index (χ0v) is 12.2. The van der Waals surface area contributed by atoms with Gasteiger partial charge < -0.3 is 4.74 Å². The third-order valence-electron chi connectivity index (χ3n) is 2.90. The monoisotopic (exact) mass is 320 g/mol. The molecule has 2 rings (SSSR count). The number of ether oxygens (including phenoxy) is 1. The van der Waals surface area contributed by atoms with Crippen LogP contribution in [0.1, 0.15) is 17.3 Å². The van der Waals surface area contributed by atoms with Gasteiger partial charge in [-0.25, -0.2) is 8.78 Å². The summed E-state index contributed by atoms with van der Waals surface area (Å²) in [4.78, 5) is 23.6. The Balaban J connectivity index is 1.89. The first-order chi connectivity index (χ1) is 11.0. The molecule has 2 aromatic carbocycles. The second-order valence-electron chi connectivity index (χ2n) is 4.64. The molecular formula is C16H14F2N2O3. The molecule has 23 heavy (non-hydrogen) atoms. The average molecular weight is 320 g/mol. The largest absolute Gasteiger partial charge is 0.478 e. The highest BCUT2D eigenvalue weighted by atomic mass is 19.1. The highest BCUT2D eigenvalue weighted by Gasteiger charge is 2.17. The molecule has 0 saturated carbocycles. The van der Waals surface area contributed by atoms with Crippen LogP contribution in [0.3, 0.4) is 0 Å². The Morgan fingerprint density at radius 2 is 1.78 bits per heavy atom. The minimum atomic E-state index is -1.04. The standard InChI is InChI=1S/C16H14F2N2O3/c1-10(23-14-8-3-2-7-13(14)18)15(21)19-20-16(22)11-5-4-6-12(17)9-11/h2-10H,1H3,(H,19,21)(H,20,22)/t10-/m0/s1. The lowest BCUT2D eigenvalue weighted by molar-refractivity contribution is -0.128. The summed E-state index contributed by atoms with van der Waals surface area (Å²) >= 11 is 0. The number of halogens is 2. The second-order valence-corrected chi connectivity index (χ2v) is 4.64. The van der Waals surface area contributed by atoms with Crippen LogP contribution in [-0.4, -0.2) is 17.9 Å². The smallest absolute Gasteiger partial charge is 0.279 e. The Labute approximate surface area is 131 Å². The Morgan fingerprint density at radius 1 is 1.04 bits per heavy atom. The van der Waals surface area contributed by atoms with Crippen molar-refractivity contribution in [1.29, 1.82) is 0 Å². The summed E-state index contributed by atoms with van der Waals surface area (Å²) < 4.78 is 31.6. The van der Waals surface area contributed by atoms with Gasteiger partial charge in [0.15, 0.2) is 17.7 Å². The third kappa shape index (κ3) is 4.50. The van der Waals surface area contributed by atoms with E-state index in [0.29, 0.717) is 0 Å². The lowest BCUT2D eigenvalue weighted by atomic mass is 10.2. The molecule has 0 spiro atoms.